The Kier molecular flexibility index (Phi) is 37.5. The Morgan fingerprint density at radius 3 is 0.992 bits per heavy atom. The topological polar surface area (TPSA) is 379 Å². The fourth-order valence-corrected chi connectivity index (χ4v) is 13.8. The zero-order valence-electron chi connectivity index (χ0n) is 75.4. The summed E-state index contributed by atoms with van der Waals surface area (Å²) < 4.78 is 54.1. The van der Waals surface area contributed by atoms with Crippen LogP contribution in [0.2, 0.25) is 0 Å². The lowest BCUT2D eigenvalue weighted by Crippen LogP contribution is -2.41. The van der Waals surface area contributed by atoms with Crippen molar-refractivity contribution in [2.75, 3.05) is 154 Å². The number of nitro benzene ring substituents is 4. The van der Waals surface area contributed by atoms with Crippen molar-refractivity contribution in [3.05, 3.63) is 224 Å². The van der Waals surface area contributed by atoms with Gasteiger partial charge in [0.1, 0.15) is 22.7 Å². The number of likely N-dealkylation sites (N-methyl/N-ethyl adjacent to an activating group) is 3. The van der Waals surface area contributed by atoms with Gasteiger partial charge in [0.25, 0.3) is 0 Å². The van der Waals surface area contributed by atoms with Gasteiger partial charge in [-0.25, -0.2) is 9.59 Å². The van der Waals surface area contributed by atoms with E-state index in [1.54, 1.807) is 72.6 Å². The van der Waals surface area contributed by atoms with Crippen LogP contribution in [0.4, 0.5) is 43.7 Å². The summed E-state index contributed by atoms with van der Waals surface area (Å²) in [5.41, 5.74) is 23.9. The Balaban J connectivity index is 0.000000202. The Morgan fingerprint density at radius 2 is 0.712 bits per heavy atom. The number of methoxy groups -OCH3 is 6. The normalized spacial score (nSPS) is 16.8. The lowest BCUT2D eigenvalue weighted by atomic mass is 9.75. The standard InChI is InChI=1S/C17H22N2O5.C16H28BNO4.C13H16N2O3.2C13H18N2O.C12H14N2O3.C7H6BrNO3/c1-17(2,3)24-16(20)18-9-7-12(8-10-18)13-5-6-14(19(21)22)15(11-13)23-4;1-14(2,3)20-13(19)18-10-8-12(9-11-18)17-21-15(4,5)16(6,7)22-17;1-14-7-5-10(6-8-14)11-3-4-12(15(16)17)13(9-11)18-2;2*1-15-7-5-10(6-8-15)11-3-4-12(14)13(9-11)16-2;1-17-12-8-10(2-3-11(12)14(15)16)9-4-6-13-7-5-9;1-12-7-4-5(8)2-3-6(7)9(10)11/h5-7,11H,8-10H2,1-4H3;8H,9-11H2,1-7H3;3-5,9H,6-8H2,1-2H3;2*3-5,9H,6-8,14H2,1-2H3;2-4,8,13H,5-7H2,1H3;2-4H,1H3. The summed E-state index contributed by atoms with van der Waals surface area (Å²) >= 11 is 3.18. The first-order chi connectivity index (χ1) is 59.0. The van der Waals surface area contributed by atoms with Gasteiger partial charge in [-0.1, -0.05) is 64.5 Å². The molecule has 32 nitrogen and oxygen atoms in total. The maximum absolute atomic E-state index is 12.1. The summed E-state index contributed by atoms with van der Waals surface area (Å²) in [7, 11) is 15.0. The van der Waals surface area contributed by atoms with E-state index in [-0.39, 0.29) is 64.8 Å². The van der Waals surface area contributed by atoms with E-state index >= 15 is 0 Å². The monoisotopic (exact) mass is 1790 g/mol. The highest BCUT2D eigenvalue weighted by molar-refractivity contribution is 9.10. The molecule has 0 aliphatic carbocycles. The van der Waals surface area contributed by atoms with Crippen molar-refractivity contribution < 1.29 is 76.5 Å². The van der Waals surface area contributed by atoms with Gasteiger partial charge in [-0.2, -0.15) is 0 Å². The number of halogens is 1. The lowest BCUT2D eigenvalue weighted by Gasteiger charge is -2.32. The van der Waals surface area contributed by atoms with Crippen molar-refractivity contribution in [1.29, 1.82) is 0 Å². The number of amides is 2. The van der Waals surface area contributed by atoms with Crippen LogP contribution in [0.25, 0.3) is 27.9 Å². The molecule has 1 fully saturated rings. The second kappa shape index (κ2) is 46.5. The minimum absolute atomic E-state index is 0.00536. The van der Waals surface area contributed by atoms with Crippen molar-refractivity contribution in [3.63, 3.8) is 0 Å². The molecule has 6 aromatic rings. The summed E-state index contributed by atoms with van der Waals surface area (Å²) in [6.45, 7) is 29.4. The first-order valence-corrected chi connectivity index (χ1v) is 41.9. The van der Waals surface area contributed by atoms with Crippen LogP contribution >= 0.6 is 15.9 Å². The Labute approximate surface area is 742 Å². The first-order valence-electron chi connectivity index (χ1n) is 41.1. The number of rotatable bonds is 16. The smallest absolute Gasteiger partial charge is 0.490 e. The van der Waals surface area contributed by atoms with Gasteiger partial charge in [-0.05, 0) is 263 Å². The molecule has 0 bridgehead atoms. The van der Waals surface area contributed by atoms with Gasteiger partial charge in [0.2, 0.25) is 0 Å². The third-order valence-electron chi connectivity index (χ3n) is 21.4. The van der Waals surface area contributed by atoms with Crippen LogP contribution in [0.15, 0.2) is 156 Å². The second-order valence-electron chi connectivity index (χ2n) is 33.3. The van der Waals surface area contributed by atoms with Gasteiger partial charge >= 0.3 is 42.1 Å². The number of ether oxygens (including phenoxy) is 8. The van der Waals surface area contributed by atoms with Crippen molar-refractivity contribution in [1.82, 2.24) is 29.8 Å². The van der Waals surface area contributed by atoms with Crippen molar-refractivity contribution in [2.24, 2.45) is 0 Å². The first kappa shape index (κ1) is 101. The average Bonchev–Trinajstić information content (AvgIpc) is 1.62. The van der Waals surface area contributed by atoms with E-state index < -0.39 is 30.9 Å². The molecule has 13 rings (SSSR count). The van der Waals surface area contributed by atoms with E-state index in [1.807, 2.05) is 106 Å². The number of nitrogen functional groups attached to an aromatic ring is 2. The SMILES string of the molecule is CC(C)(C)OC(=O)N1CC=C(B2OC(C)(C)C(C)(C)O2)CC1.COc1cc(Br)ccc1[N+](=O)[O-].COc1cc(C2=CCN(C(=O)OC(C)(C)C)CC2)ccc1[N+](=O)[O-].COc1cc(C2=CCN(C)CC2)ccc1N.COc1cc(C2=CCN(C)CC2)ccc1N.COc1cc(C2=CCN(C)CC2)ccc1[N+](=O)[O-].COc1cc(C2=CCNCC2)ccc1[N+](=O)[O-]. The Hall–Kier alpha value is -11.4. The number of carbonyl (C=O) groups is 2. The number of nitro groups is 4. The third kappa shape index (κ3) is 30.2. The van der Waals surface area contributed by atoms with Gasteiger partial charge in [0.15, 0.2) is 23.0 Å². The summed E-state index contributed by atoms with van der Waals surface area (Å²) in [4.78, 5) is 75.4. The molecule has 0 saturated carbocycles. The summed E-state index contributed by atoms with van der Waals surface area (Å²) in [6.07, 6.45) is 17.6. The molecule has 0 atom stereocenters. The molecule has 7 aliphatic heterocycles. The molecule has 5 N–H and O–H groups in total. The highest BCUT2D eigenvalue weighted by Crippen LogP contribution is 2.41. The molecule has 1 saturated heterocycles. The van der Waals surface area contributed by atoms with Gasteiger partial charge in [0, 0.05) is 107 Å². The van der Waals surface area contributed by atoms with E-state index in [9.17, 15) is 50.0 Å². The second-order valence-corrected chi connectivity index (χ2v) is 34.2. The quantitative estimate of drug-likeness (QED) is 0.0350. The molecule has 7 heterocycles. The van der Waals surface area contributed by atoms with Crippen LogP contribution < -0.4 is 45.2 Å². The zero-order valence-corrected chi connectivity index (χ0v) is 77.0. The molecular weight excluding hydrogens is 1670 g/mol. The Morgan fingerprint density at radius 1 is 0.416 bits per heavy atom. The molecule has 0 spiro atoms. The van der Waals surface area contributed by atoms with Gasteiger partial charge in [0.05, 0.1) is 84.9 Å². The van der Waals surface area contributed by atoms with Crippen LogP contribution in [-0.4, -0.2) is 228 Å². The highest BCUT2D eigenvalue weighted by atomic mass is 79.9. The molecule has 0 unspecified atom stereocenters. The molecule has 676 valence electrons. The van der Waals surface area contributed by atoms with Crippen LogP contribution in [-0.2, 0) is 18.8 Å². The minimum atomic E-state index is -0.521. The zero-order chi connectivity index (χ0) is 92.3. The molecule has 125 heavy (non-hydrogen) atoms. The molecule has 34 heteroatoms. The number of anilines is 2. The molecule has 0 radical (unpaired) electrons. The lowest BCUT2D eigenvalue weighted by molar-refractivity contribution is -0.385. The molecule has 2 amide bonds. The van der Waals surface area contributed by atoms with E-state index in [0.717, 1.165) is 128 Å². The fraction of sp³-hybridized carbons (Fsp3) is 0.451. The van der Waals surface area contributed by atoms with E-state index in [0.29, 0.717) is 55.5 Å². The van der Waals surface area contributed by atoms with Crippen molar-refractivity contribution in [3.8, 4) is 34.5 Å². The van der Waals surface area contributed by atoms with Crippen LogP contribution in [0.3, 0.4) is 0 Å². The average molecular weight is 1790 g/mol. The number of benzene rings is 6. The number of hydrogen-bond acceptors (Lipinski definition) is 26. The van der Waals surface area contributed by atoms with E-state index in [2.05, 4.69) is 93.5 Å². The molecule has 0 aromatic heterocycles. The van der Waals surface area contributed by atoms with E-state index in [1.165, 1.54) is 86.1 Å². The summed E-state index contributed by atoms with van der Waals surface area (Å²) in [5.74, 6) is 2.64. The van der Waals surface area contributed by atoms with Gasteiger partial charge in [-0.3, -0.25) is 40.5 Å². The maximum atomic E-state index is 12.1. The number of carbonyl (C=O) groups excluding carboxylic acids is 2. The van der Waals surface area contributed by atoms with E-state index in [4.69, 9.17) is 58.7 Å². The predicted octanol–water partition coefficient (Wildman–Crippen LogP) is 17.5. The van der Waals surface area contributed by atoms with Crippen LogP contribution in [0.5, 0.6) is 34.5 Å². The highest BCUT2D eigenvalue weighted by Gasteiger charge is 2.52. The number of nitrogens with two attached hydrogens (primary N) is 2. The number of hydrogen-bond donors (Lipinski definition) is 3. The number of nitrogens with one attached hydrogen (secondary N) is 1. The largest absolute Gasteiger partial charge is 0.495 e. The summed E-state index contributed by atoms with van der Waals surface area (Å²) in [5, 5.41) is 46.2. The maximum Gasteiger partial charge on any atom is 0.490 e. The molecular formula is C91H122BBrN12O20. The van der Waals surface area contributed by atoms with Crippen molar-refractivity contribution in [2.45, 2.75) is 130 Å². The predicted molar refractivity (Wildman–Crippen MR) is 494 cm³/mol. The fourth-order valence-electron chi connectivity index (χ4n) is 13.5. The van der Waals surface area contributed by atoms with Crippen LogP contribution in [0, 0.1) is 40.5 Å². The third-order valence-corrected chi connectivity index (χ3v) is 21.9. The summed E-state index contributed by atoms with van der Waals surface area (Å²) in [6, 6.07) is 31.4. The minimum Gasteiger partial charge on any atom is -0.495 e. The van der Waals surface area contributed by atoms with Gasteiger partial charge in [-0.15, -0.1) is 0 Å². The van der Waals surface area contributed by atoms with Crippen LogP contribution in [0.1, 0.15) is 136 Å². The number of nitrogens with zero attached hydrogens (tertiary/aromatic N) is 9. The Bertz CT molecular complexity index is 4860. The van der Waals surface area contributed by atoms with Gasteiger partial charge < -0.3 is 88.5 Å². The van der Waals surface area contributed by atoms with Crippen molar-refractivity contribution >= 4 is 97.2 Å². The molecule has 7 aliphatic rings. The molecule has 6 aromatic carbocycles.